The number of carbonyl (C=O) groups is 1. The second kappa shape index (κ2) is 10.1. The number of carbonyl (C=O) groups excluding carboxylic acids is 1. The van der Waals surface area contributed by atoms with Crippen LogP contribution in [0.4, 0.5) is 5.13 Å². The molecule has 7 nitrogen and oxygen atoms in total. The van der Waals surface area contributed by atoms with Gasteiger partial charge in [-0.15, -0.1) is 23.9 Å². The SMILES string of the molecule is C#CCCC(=O)OC1CN(C(C#C)(CCC)CCC)C[N+]1([O-])c1nnc(C(C)(C)C)s1. The number of nitrogens with zero attached hydrogens (tertiary/aromatic N) is 4. The van der Waals surface area contributed by atoms with E-state index in [0.29, 0.717) is 0 Å². The molecule has 1 aliphatic heterocycles. The molecule has 0 amide bonds. The van der Waals surface area contributed by atoms with E-state index >= 15 is 0 Å². The Hall–Kier alpha value is -1.97. The Balaban J connectivity index is 2.44. The van der Waals surface area contributed by atoms with Crippen molar-refractivity contribution in [2.45, 2.75) is 90.3 Å². The molecular weight excluding hydrogens is 412 g/mol. The number of terminal acetylenes is 2. The molecule has 1 saturated heterocycles. The maximum atomic E-state index is 14.2. The fourth-order valence-corrected chi connectivity index (χ4v) is 4.87. The average molecular weight is 447 g/mol. The van der Waals surface area contributed by atoms with Crippen LogP contribution in [0.5, 0.6) is 0 Å². The van der Waals surface area contributed by atoms with Crippen LogP contribution in [0.1, 0.15) is 78.2 Å². The zero-order valence-corrected chi connectivity index (χ0v) is 20.1. The number of esters is 1. The van der Waals surface area contributed by atoms with E-state index in [4.69, 9.17) is 17.6 Å². The molecule has 0 N–H and O–H groups in total. The molecule has 1 aromatic rings. The summed E-state index contributed by atoms with van der Waals surface area (Å²) in [5.41, 5.74) is -0.796. The van der Waals surface area contributed by atoms with E-state index in [1.54, 1.807) is 0 Å². The number of hydrogen-bond acceptors (Lipinski definition) is 7. The van der Waals surface area contributed by atoms with Gasteiger partial charge in [0.25, 0.3) is 6.23 Å². The molecule has 0 aliphatic carbocycles. The second-order valence-corrected chi connectivity index (χ2v) is 10.1. The van der Waals surface area contributed by atoms with Gasteiger partial charge in [-0.3, -0.25) is 9.44 Å². The van der Waals surface area contributed by atoms with Crippen LogP contribution >= 0.6 is 11.3 Å². The predicted molar refractivity (Wildman–Crippen MR) is 125 cm³/mol. The minimum atomic E-state index is -0.965. The first-order valence-electron chi connectivity index (χ1n) is 10.9. The van der Waals surface area contributed by atoms with Crippen LogP contribution in [0.3, 0.4) is 0 Å². The molecule has 1 aromatic heterocycles. The summed E-state index contributed by atoms with van der Waals surface area (Å²) < 4.78 is 4.76. The van der Waals surface area contributed by atoms with Crippen molar-refractivity contribution in [3.63, 3.8) is 0 Å². The van der Waals surface area contributed by atoms with Crippen molar-refractivity contribution in [1.29, 1.82) is 0 Å². The third-order valence-electron chi connectivity index (χ3n) is 5.54. The smallest absolute Gasteiger partial charge is 0.311 e. The summed E-state index contributed by atoms with van der Waals surface area (Å²) in [5, 5.41) is 23.7. The molecule has 31 heavy (non-hydrogen) atoms. The van der Waals surface area contributed by atoms with Gasteiger partial charge in [0.15, 0.2) is 0 Å². The first-order chi connectivity index (χ1) is 14.6. The van der Waals surface area contributed by atoms with Crippen LogP contribution in [0.2, 0.25) is 0 Å². The van der Waals surface area contributed by atoms with Gasteiger partial charge in [-0.05, 0) is 24.2 Å². The van der Waals surface area contributed by atoms with Crippen molar-refractivity contribution >= 4 is 22.4 Å². The van der Waals surface area contributed by atoms with E-state index in [1.165, 1.54) is 11.3 Å². The zero-order chi connectivity index (χ0) is 23.3. The van der Waals surface area contributed by atoms with E-state index in [-0.39, 0.29) is 36.6 Å². The van der Waals surface area contributed by atoms with E-state index in [1.807, 2.05) is 25.7 Å². The number of ether oxygens (including phenoxy) is 1. The normalized spacial score (nSPS) is 22.1. The highest BCUT2D eigenvalue weighted by Gasteiger charge is 2.52. The van der Waals surface area contributed by atoms with Gasteiger partial charge >= 0.3 is 11.1 Å². The Morgan fingerprint density at radius 2 is 1.94 bits per heavy atom. The lowest BCUT2D eigenvalue weighted by Crippen LogP contribution is -2.52. The van der Waals surface area contributed by atoms with Crippen molar-refractivity contribution in [1.82, 2.24) is 19.7 Å². The monoisotopic (exact) mass is 446 g/mol. The lowest BCUT2D eigenvalue weighted by molar-refractivity contribution is -0.153. The van der Waals surface area contributed by atoms with Gasteiger partial charge in [-0.2, -0.15) is 0 Å². The maximum Gasteiger partial charge on any atom is 0.311 e. The highest BCUT2D eigenvalue weighted by Crippen LogP contribution is 2.41. The summed E-state index contributed by atoms with van der Waals surface area (Å²) in [6.45, 7) is 10.5. The second-order valence-electron chi connectivity index (χ2n) is 9.12. The highest BCUT2D eigenvalue weighted by atomic mass is 32.1. The van der Waals surface area contributed by atoms with Crippen molar-refractivity contribution in [3.8, 4) is 24.7 Å². The Bertz CT molecular complexity index is 842. The van der Waals surface area contributed by atoms with E-state index in [0.717, 1.165) is 30.7 Å². The van der Waals surface area contributed by atoms with Gasteiger partial charge in [0, 0.05) is 11.8 Å². The van der Waals surface area contributed by atoms with Gasteiger partial charge in [0.2, 0.25) is 0 Å². The fourth-order valence-electron chi connectivity index (χ4n) is 3.90. The van der Waals surface area contributed by atoms with Crippen LogP contribution in [0, 0.1) is 29.9 Å². The van der Waals surface area contributed by atoms with Crippen molar-refractivity contribution in [2.24, 2.45) is 0 Å². The Labute approximate surface area is 190 Å². The molecule has 2 rings (SSSR count). The lowest BCUT2D eigenvalue weighted by atomic mass is 9.88. The molecule has 0 aromatic carbocycles. The predicted octanol–water partition coefficient (Wildman–Crippen LogP) is 4.17. The van der Waals surface area contributed by atoms with E-state index in [2.05, 4.69) is 35.9 Å². The standard InChI is InChI=1S/C23H34N4O3S/c1-8-12-13-19(28)30-18-16-26(23(11-4,14-9-2)15-10-3)17-27(18,29)21-25-24-20(31-21)22(5,6)7/h1,4,18H,9-10,12-17H2,2-3,5-7H3. The fraction of sp³-hybridized carbons (Fsp3) is 0.696. The zero-order valence-electron chi connectivity index (χ0n) is 19.3. The van der Waals surface area contributed by atoms with Crippen LogP contribution in [-0.4, -0.2) is 46.0 Å². The van der Waals surface area contributed by atoms with E-state index in [9.17, 15) is 10.0 Å². The average Bonchev–Trinajstić information content (AvgIpc) is 3.33. The molecule has 0 spiro atoms. The quantitative estimate of drug-likeness (QED) is 0.245. The lowest BCUT2D eigenvalue weighted by Gasteiger charge is -2.40. The molecule has 1 fully saturated rings. The molecule has 1 aliphatic rings. The number of hydrogen-bond donors (Lipinski definition) is 0. The molecule has 2 unspecified atom stereocenters. The number of aromatic nitrogens is 2. The summed E-state index contributed by atoms with van der Waals surface area (Å²) >= 11 is 1.27. The summed E-state index contributed by atoms with van der Waals surface area (Å²) in [4.78, 5) is 14.4. The number of hydroxylamine groups is 2. The maximum absolute atomic E-state index is 14.2. The van der Waals surface area contributed by atoms with Gasteiger partial charge in [0.1, 0.15) is 11.7 Å². The minimum Gasteiger partial charge on any atom is -0.622 e. The summed E-state index contributed by atoms with van der Waals surface area (Å²) in [5.74, 6) is 4.91. The number of rotatable bonds is 9. The molecule has 170 valence electrons. The van der Waals surface area contributed by atoms with Gasteiger partial charge in [-0.25, -0.2) is 4.90 Å². The van der Waals surface area contributed by atoms with Crippen molar-refractivity contribution in [2.75, 3.05) is 13.2 Å². The molecule has 2 heterocycles. The Kier molecular flexibility index (Phi) is 8.24. The molecule has 0 bridgehead atoms. The van der Waals surface area contributed by atoms with Crippen LogP contribution in [0.15, 0.2) is 0 Å². The third-order valence-corrected chi connectivity index (χ3v) is 7.01. The van der Waals surface area contributed by atoms with Gasteiger partial charge in [-0.1, -0.05) is 58.5 Å². The van der Waals surface area contributed by atoms with Crippen molar-refractivity contribution in [3.05, 3.63) is 10.2 Å². The topological polar surface area (TPSA) is 78.4 Å². The van der Waals surface area contributed by atoms with Crippen LogP contribution in [0.25, 0.3) is 0 Å². The van der Waals surface area contributed by atoms with Crippen LogP contribution < -0.4 is 4.65 Å². The molecular formula is C23H34N4O3S. The van der Waals surface area contributed by atoms with Gasteiger partial charge < -0.3 is 9.94 Å². The highest BCUT2D eigenvalue weighted by molar-refractivity contribution is 7.15. The summed E-state index contributed by atoms with van der Waals surface area (Å²) in [7, 11) is 0. The molecule has 0 saturated carbocycles. The van der Waals surface area contributed by atoms with Gasteiger partial charge in [0.05, 0.1) is 18.5 Å². The molecule has 0 radical (unpaired) electrons. The summed E-state index contributed by atoms with van der Waals surface area (Å²) in [6.07, 6.45) is 13.9. The molecule has 2 atom stereocenters. The first-order valence-corrected chi connectivity index (χ1v) is 11.7. The summed E-state index contributed by atoms with van der Waals surface area (Å²) in [6, 6.07) is 0. The van der Waals surface area contributed by atoms with E-state index < -0.39 is 22.4 Å². The third kappa shape index (κ3) is 5.45. The minimum absolute atomic E-state index is 0.0655. The number of quaternary nitrogens is 1. The van der Waals surface area contributed by atoms with Crippen molar-refractivity contribution < 1.29 is 9.53 Å². The Morgan fingerprint density at radius 3 is 2.42 bits per heavy atom. The Morgan fingerprint density at radius 1 is 1.29 bits per heavy atom. The van der Waals surface area contributed by atoms with Crippen LogP contribution in [-0.2, 0) is 14.9 Å². The first kappa shape index (κ1) is 25.3. The molecule has 8 heteroatoms. The largest absolute Gasteiger partial charge is 0.622 e.